The van der Waals surface area contributed by atoms with Crippen molar-refractivity contribution in [2.45, 2.75) is 20.0 Å². The van der Waals surface area contributed by atoms with Crippen LogP contribution in [0.4, 0.5) is 0 Å². The van der Waals surface area contributed by atoms with Gasteiger partial charge in [0.15, 0.2) is 0 Å². The number of aliphatic hydroxyl groups excluding tert-OH is 1. The van der Waals surface area contributed by atoms with Crippen molar-refractivity contribution >= 4 is 5.78 Å². The first-order chi connectivity index (χ1) is 6.54. The molecule has 1 rings (SSSR count). The third kappa shape index (κ3) is 1.32. The molecule has 0 heterocycles. The van der Waals surface area contributed by atoms with E-state index in [1.165, 1.54) is 0 Å². The molecule has 0 aliphatic heterocycles. The largest absolute Gasteiger partial charge is 0.388 e. The number of hydrogen-bond acceptors (Lipinski definition) is 4. The minimum atomic E-state index is -0.868. The second-order valence-corrected chi connectivity index (χ2v) is 3.19. The van der Waals surface area contributed by atoms with E-state index in [0.717, 1.165) is 0 Å². The van der Waals surface area contributed by atoms with Crippen LogP contribution in [0.25, 0.3) is 0 Å². The summed E-state index contributed by atoms with van der Waals surface area (Å²) in [5.74, 6) is -0.306. The predicted octanol–water partition coefficient (Wildman–Crippen LogP) is 0.263. The van der Waals surface area contributed by atoms with Gasteiger partial charge in [-0.2, -0.15) is 5.26 Å². The Balaban J connectivity index is 3.33. The third-order valence-electron chi connectivity index (χ3n) is 2.49. The first-order valence-corrected chi connectivity index (χ1v) is 4.26. The fourth-order valence-electron chi connectivity index (χ4n) is 1.42. The molecule has 0 saturated heterocycles. The zero-order valence-electron chi connectivity index (χ0n) is 8.38. The molecular formula is C10H12N2O2. The summed E-state index contributed by atoms with van der Waals surface area (Å²) >= 11 is 0. The summed E-state index contributed by atoms with van der Waals surface area (Å²) in [5, 5.41) is 21.2. The Kier molecular flexibility index (Phi) is 2.73. The number of nitrogens with zero attached hydrogens (tertiary/aromatic N) is 1. The van der Waals surface area contributed by atoms with Gasteiger partial charge in [-0.15, -0.1) is 0 Å². The van der Waals surface area contributed by atoms with E-state index >= 15 is 0 Å². The first kappa shape index (κ1) is 10.5. The van der Waals surface area contributed by atoms with Crippen molar-refractivity contribution in [2.75, 3.05) is 7.05 Å². The van der Waals surface area contributed by atoms with E-state index in [1.54, 1.807) is 20.9 Å². The van der Waals surface area contributed by atoms with Crippen molar-refractivity contribution in [3.8, 4) is 6.07 Å². The molecule has 1 atom stereocenters. The molecule has 0 spiro atoms. The van der Waals surface area contributed by atoms with Gasteiger partial charge in [0.05, 0.1) is 5.70 Å². The lowest BCUT2D eigenvalue weighted by atomic mass is 9.88. The average molecular weight is 192 g/mol. The molecular weight excluding hydrogens is 180 g/mol. The first-order valence-electron chi connectivity index (χ1n) is 4.26. The number of likely N-dealkylation sites (N-methyl/N-ethyl adjacent to an activating group) is 1. The fraction of sp³-hybridized carbons (Fsp3) is 0.400. The molecule has 4 heteroatoms. The number of carbonyl (C=O) groups excluding carboxylic acids is 1. The van der Waals surface area contributed by atoms with Crippen LogP contribution < -0.4 is 5.32 Å². The molecule has 0 fully saturated rings. The molecule has 2 N–H and O–H groups in total. The lowest BCUT2D eigenvalue weighted by Crippen LogP contribution is -2.31. The molecule has 14 heavy (non-hydrogen) atoms. The maximum Gasteiger partial charge on any atom is 0.201 e. The Hall–Kier alpha value is -1.60. The Morgan fingerprint density at radius 3 is 2.50 bits per heavy atom. The number of Topliss-reactive ketones (excluding diaryl/α,β-unsaturated/α-hetero) is 1. The van der Waals surface area contributed by atoms with Crippen LogP contribution in [0.3, 0.4) is 0 Å². The van der Waals surface area contributed by atoms with E-state index in [1.807, 2.05) is 6.07 Å². The van der Waals surface area contributed by atoms with E-state index in [4.69, 9.17) is 5.26 Å². The molecule has 0 aromatic rings. The number of nitriles is 1. The van der Waals surface area contributed by atoms with Crippen LogP contribution in [-0.4, -0.2) is 24.0 Å². The molecule has 0 radical (unpaired) electrons. The minimum absolute atomic E-state index is 0.00287. The van der Waals surface area contributed by atoms with Crippen molar-refractivity contribution in [3.05, 3.63) is 22.4 Å². The van der Waals surface area contributed by atoms with Crippen LogP contribution in [0.1, 0.15) is 13.8 Å². The maximum absolute atomic E-state index is 11.6. The Labute approximate surface area is 82.5 Å². The molecule has 1 aliphatic rings. The molecule has 4 nitrogen and oxygen atoms in total. The van der Waals surface area contributed by atoms with Crippen LogP contribution in [0.5, 0.6) is 0 Å². The highest BCUT2D eigenvalue weighted by Crippen LogP contribution is 2.25. The van der Waals surface area contributed by atoms with Gasteiger partial charge in [-0.05, 0) is 25.0 Å². The molecule has 1 aliphatic carbocycles. The van der Waals surface area contributed by atoms with Gasteiger partial charge in [-0.25, -0.2) is 0 Å². The van der Waals surface area contributed by atoms with Crippen molar-refractivity contribution in [3.63, 3.8) is 0 Å². The number of carbonyl (C=O) groups is 1. The standard InChI is InChI=1S/C10H12N2O2/c1-5-6(2)10(14)8(12-3)7(4-11)9(5)13/h10,12,14H,1-3H3. The molecule has 0 aromatic heterocycles. The zero-order chi connectivity index (χ0) is 10.9. The minimum Gasteiger partial charge on any atom is -0.388 e. The maximum atomic E-state index is 11.6. The molecule has 74 valence electrons. The molecule has 1 unspecified atom stereocenters. The van der Waals surface area contributed by atoms with E-state index < -0.39 is 6.10 Å². The Bertz CT molecular complexity index is 385. The number of ketones is 1. The highest BCUT2D eigenvalue weighted by molar-refractivity contribution is 6.12. The smallest absolute Gasteiger partial charge is 0.201 e. The fourth-order valence-corrected chi connectivity index (χ4v) is 1.42. The normalized spacial score (nSPS) is 22.5. The second-order valence-electron chi connectivity index (χ2n) is 3.19. The van der Waals surface area contributed by atoms with Crippen molar-refractivity contribution in [2.24, 2.45) is 0 Å². The molecule has 0 bridgehead atoms. The molecule has 0 saturated carbocycles. The van der Waals surface area contributed by atoms with Crippen molar-refractivity contribution in [1.82, 2.24) is 5.32 Å². The van der Waals surface area contributed by atoms with Gasteiger partial charge in [0.2, 0.25) is 5.78 Å². The monoisotopic (exact) mass is 192 g/mol. The van der Waals surface area contributed by atoms with Gasteiger partial charge in [0, 0.05) is 7.05 Å². The number of aliphatic hydroxyl groups is 1. The summed E-state index contributed by atoms with van der Waals surface area (Å²) in [6, 6.07) is 1.81. The molecule has 0 aromatic carbocycles. The van der Waals surface area contributed by atoms with Gasteiger partial charge in [0.1, 0.15) is 17.7 Å². The number of nitrogens with one attached hydrogen (secondary N) is 1. The lowest BCUT2D eigenvalue weighted by Gasteiger charge is -2.23. The van der Waals surface area contributed by atoms with E-state index in [0.29, 0.717) is 16.8 Å². The van der Waals surface area contributed by atoms with Crippen molar-refractivity contribution < 1.29 is 9.90 Å². The number of hydrogen-bond donors (Lipinski definition) is 2. The van der Waals surface area contributed by atoms with Crippen LogP contribution in [0.15, 0.2) is 22.4 Å². The number of rotatable bonds is 1. The Morgan fingerprint density at radius 2 is 2.07 bits per heavy atom. The number of allylic oxidation sites excluding steroid dienone is 2. The predicted molar refractivity (Wildman–Crippen MR) is 51.1 cm³/mol. The van der Waals surface area contributed by atoms with Gasteiger partial charge in [0.25, 0.3) is 0 Å². The summed E-state index contributed by atoms with van der Waals surface area (Å²) in [7, 11) is 1.58. The van der Waals surface area contributed by atoms with Gasteiger partial charge >= 0.3 is 0 Å². The summed E-state index contributed by atoms with van der Waals surface area (Å²) in [6.07, 6.45) is -0.868. The summed E-state index contributed by atoms with van der Waals surface area (Å²) in [4.78, 5) is 11.6. The Morgan fingerprint density at radius 1 is 1.50 bits per heavy atom. The lowest BCUT2D eigenvalue weighted by molar-refractivity contribution is -0.112. The molecule has 0 amide bonds. The summed E-state index contributed by atoms with van der Waals surface area (Å²) < 4.78 is 0. The SMILES string of the molecule is CNC1=C(C#N)C(=O)C(C)=C(C)C1O. The van der Waals surface area contributed by atoms with Crippen LogP contribution in [0, 0.1) is 11.3 Å². The van der Waals surface area contributed by atoms with E-state index in [2.05, 4.69) is 5.32 Å². The average Bonchev–Trinajstić information content (AvgIpc) is 2.20. The van der Waals surface area contributed by atoms with E-state index in [-0.39, 0.29) is 11.4 Å². The highest BCUT2D eigenvalue weighted by Gasteiger charge is 2.29. The topological polar surface area (TPSA) is 73.1 Å². The highest BCUT2D eigenvalue weighted by atomic mass is 16.3. The van der Waals surface area contributed by atoms with Crippen molar-refractivity contribution in [1.29, 1.82) is 5.26 Å². The quantitative estimate of drug-likeness (QED) is 0.625. The van der Waals surface area contributed by atoms with E-state index in [9.17, 15) is 9.90 Å². The second kappa shape index (κ2) is 3.64. The van der Waals surface area contributed by atoms with Gasteiger partial charge in [-0.3, -0.25) is 4.79 Å². The van der Waals surface area contributed by atoms with Gasteiger partial charge in [-0.1, -0.05) is 0 Å². The van der Waals surface area contributed by atoms with Crippen LogP contribution in [0.2, 0.25) is 0 Å². The zero-order valence-corrected chi connectivity index (χ0v) is 8.38. The van der Waals surface area contributed by atoms with Crippen LogP contribution in [-0.2, 0) is 4.79 Å². The third-order valence-corrected chi connectivity index (χ3v) is 2.49. The van der Waals surface area contributed by atoms with Gasteiger partial charge < -0.3 is 10.4 Å². The summed E-state index contributed by atoms with van der Waals surface area (Å²) in [6.45, 7) is 3.30. The van der Waals surface area contributed by atoms with Crippen LogP contribution >= 0.6 is 0 Å². The summed E-state index contributed by atoms with van der Waals surface area (Å²) in [5.41, 5.74) is 1.34.